The molecule has 2 heteroatoms. The van der Waals surface area contributed by atoms with Crippen LogP contribution in [-0.4, -0.2) is 13.1 Å². The molecule has 0 fully saturated rings. The molecule has 1 nitrogen and oxygen atoms in total. The van der Waals surface area contributed by atoms with Crippen LogP contribution in [0.4, 0.5) is 0 Å². The lowest BCUT2D eigenvalue weighted by Crippen LogP contribution is -2.24. The number of aryl methyl sites for hydroxylation is 1. The molecule has 1 aliphatic rings. The Hall–Kier alpha value is -0.600. The largest absolute Gasteiger partial charge is 0.314 e. The molecule has 0 spiro atoms. The van der Waals surface area contributed by atoms with Gasteiger partial charge in [0.05, 0.1) is 0 Å². The van der Waals surface area contributed by atoms with E-state index >= 15 is 0 Å². The fourth-order valence-corrected chi connectivity index (χ4v) is 2.38. The number of likely N-dealkylation sites (N-methyl/N-ethyl adjacent to an activating group) is 1. The van der Waals surface area contributed by atoms with Crippen LogP contribution in [0.2, 0.25) is 0 Å². The van der Waals surface area contributed by atoms with Crippen LogP contribution in [0, 0.1) is 0 Å². The molecule has 0 amide bonds. The number of benzene rings is 1. The topological polar surface area (TPSA) is 12.0 Å². The fourth-order valence-electron chi connectivity index (χ4n) is 2.01. The van der Waals surface area contributed by atoms with Crippen LogP contribution in [0.1, 0.15) is 24.5 Å². The molecule has 0 saturated heterocycles. The highest BCUT2D eigenvalue weighted by Gasteiger charge is 2.13. The zero-order valence-electron chi connectivity index (χ0n) is 9.18. The Bertz CT molecular complexity index is 396. The zero-order chi connectivity index (χ0) is 10.8. The van der Waals surface area contributed by atoms with Crippen molar-refractivity contribution in [3.05, 3.63) is 39.4 Å². The van der Waals surface area contributed by atoms with Gasteiger partial charge in [0.15, 0.2) is 0 Å². The molecule has 1 atom stereocenters. The van der Waals surface area contributed by atoms with Crippen molar-refractivity contribution in [3.8, 4) is 0 Å². The molecule has 0 heterocycles. The van der Waals surface area contributed by atoms with E-state index in [-0.39, 0.29) is 0 Å². The summed E-state index contributed by atoms with van der Waals surface area (Å²) in [5, 5.41) is 3.30. The summed E-state index contributed by atoms with van der Waals surface area (Å²) in [6.07, 6.45) is 4.67. The summed E-state index contributed by atoms with van der Waals surface area (Å²) in [5.74, 6) is 0. The predicted octanol–water partition coefficient (Wildman–Crippen LogP) is 3.39. The second kappa shape index (κ2) is 4.50. The summed E-state index contributed by atoms with van der Waals surface area (Å²) < 4.78 is 1.16. The van der Waals surface area contributed by atoms with Gasteiger partial charge in [0.2, 0.25) is 0 Å². The first-order valence-corrected chi connectivity index (χ1v) is 6.16. The smallest absolute Gasteiger partial charge is 0.0251 e. The number of rotatable bonds is 2. The Labute approximate surface area is 99.7 Å². The van der Waals surface area contributed by atoms with Gasteiger partial charge in [0, 0.05) is 10.5 Å². The number of hydrogen-bond donors (Lipinski definition) is 1. The lowest BCUT2D eigenvalue weighted by atomic mass is 9.89. The Morgan fingerprint density at radius 3 is 2.87 bits per heavy atom. The zero-order valence-corrected chi connectivity index (χ0v) is 10.8. The normalized spacial score (nSPS) is 16.9. The van der Waals surface area contributed by atoms with E-state index in [1.807, 2.05) is 7.05 Å². The predicted molar refractivity (Wildman–Crippen MR) is 69.0 cm³/mol. The second-order valence-electron chi connectivity index (χ2n) is 4.07. The van der Waals surface area contributed by atoms with E-state index in [0.29, 0.717) is 6.04 Å². The van der Waals surface area contributed by atoms with Gasteiger partial charge in [0.1, 0.15) is 0 Å². The highest BCUT2D eigenvalue weighted by molar-refractivity contribution is 9.10. The van der Waals surface area contributed by atoms with E-state index < -0.39 is 0 Å². The van der Waals surface area contributed by atoms with Gasteiger partial charge in [-0.25, -0.2) is 0 Å². The second-order valence-corrected chi connectivity index (χ2v) is 4.99. The Kier molecular flexibility index (Phi) is 3.27. The highest BCUT2D eigenvalue weighted by atomic mass is 79.9. The minimum Gasteiger partial charge on any atom is -0.314 e. The van der Waals surface area contributed by atoms with Gasteiger partial charge < -0.3 is 5.32 Å². The molecular formula is C13H16BrN. The minimum absolute atomic E-state index is 0.483. The van der Waals surface area contributed by atoms with Crippen molar-refractivity contribution < 1.29 is 0 Å². The van der Waals surface area contributed by atoms with Crippen molar-refractivity contribution in [2.75, 3.05) is 7.05 Å². The number of nitrogens with one attached hydrogen (secondary N) is 1. The van der Waals surface area contributed by atoms with E-state index in [2.05, 4.69) is 52.4 Å². The van der Waals surface area contributed by atoms with Crippen molar-refractivity contribution >= 4 is 22.0 Å². The average molecular weight is 266 g/mol. The SMILES string of the molecule is CNC(C)C1=Cc2cc(Br)ccc2CC1. The maximum Gasteiger partial charge on any atom is 0.0251 e. The molecule has 0 radical (unpaired) electrons. The maximum absolute atomic E-state index is 3.52. The first-order valence-electron chi connectivity index (χ1n) is 5.37. The van der Waals surface area contributed by atoms with Gasteiger partial charge in [-0.15, -0.1) is 0 Å². The summed E-state index contributed by atoms with van der Waals surface area (Å²) in [6, 6.07) is 7.03. The first kappa shape index (κ1) is 10.9. The molecule has 1 unspecified atom stereocenters. The van der Waals surface area contributed by atoms with Gasteiger partial charge >= 0.3 is 0 Å². The molecule has 1 N–H and O–H groups in total. The third-order valence-electron chi connectivity index (χ3n) is 3.12. The summed E-state index contributed by atoms with van der Waals surface area (Å²) in [6.45, 7) is 2.22. The lowest BCUT2D eigenvalue weighted by Gasteiger charge is -2.21. The van der Waals surface area contributed by atoms with Gasteiger partial charge in [0.25, 0.3) is 0 Å². The van der Waals surface area contributed by atoms with Gasteiger partial charge in [-0.1, -0.05) is 33.6 Å². The summed E-state index contributed by atoms with van der Waals surface area (Å²) in [4.78, 5) is 0. The number of hydrogen-bond acceptors (Lipinski definition) is 1. The van der Waals surface area contributed by atoms with Crippen molar-refractivity contribution in [1.82, 2.24) is 5.32 Å². The molecule has 0 bridgehead atoms. The Morgan fingerprint density at radius 1 is 1.33 bits per heavy atom. The van der Waals surface area contributed by atoms with Crippen LogP contribution in [0.3, 0.4) is 0 Å². The molecule has 80 valence electrons. The first-order chi connectivity index (χ1) is 7.20. The summed E-state index contributed by atoms with van der Waals surface area (Å²) >= 11 is 3.52. The molecule has 2 rings (SSSR count). The van der Waals surface area contributed by atoms with Gasteiger partial charge in [-0.3, -0.25) is 0 Å². The monoisotopic (exact) mass is 265 g/mol. The highest BCUT2D eigenvalue weighted by Crippen LogP contribution is 2.27. The molecule has 0 saturated carbocycles. The minimum atomic E-state index is 0.483. The van der Waals surface area contributed by atoms with E-state index in [0.717, 1.165) is 4.47 Å². The Morgan fingerprint density at radius 2 is 2.13 bits per heavy atom. The summed E-state index contributed by atoms with van der Waals surface area (Å²) in [5.41, 5.74) is 4.33. The Balaban J connectivity index is 2.35. The number of fused-ring (bicyclic) bond motifs is 1. The third-order valence-corrected chi connectivity index (χ3v) is 3.61. The van der Waals surface area contributed by atoms with Crippen LogP contribution in [0.25, 0.3) is 6.08 Å². The molecular weight excluding hydrogens is 250 g/mol. The fraction of sp³-hybridized carbons (Fsp3) is 0.385. The molecule has 1 aromatic rings. The van der Waals surface area contributed by atoms with Gasteiger partial charge in [-0.2, -0.15) is 0 Å². The van der Waals surface area contributed by atoms with Gasteiger partial charge in [-0.05, 0) is 50.1 Å². The van der Waals surface area contributed by atoms with Crippen molar-refractivity contribution in [2.24, 2.45) is 0 Å². The van der Waals surface area contributed by atoms with Crippen molar-refractivity contribution in [3.63, 3.8) is 0 Å². The van der Waals surface area contributed by atoms with Crippen LogP contribution in [0.15, 0.2) is 28.2 Å². The molecule has 0 aliphatic heterocycles. The van der Waals surface area contributed by atoms with E-state index in [9.17, 15) is 0 Å². The van der Waals surface area contributed by atoms with Crippen molar-refractivity contribution in [1.29, 1.82) is 0 Å². The van der Waals surface area contributed by atoms with Crippen LogP contribution >= 0.6 is 15.9 Å². The molecule has 15 heavy (non-hydrogen) atoms. The van der Waals surface area contributed by atoms with Crippen LogP contribution in [-0.2, 0) is 6.42 Å². The van der Waals surface area contributed by atoms with E-state index in [1.165, 1.54) is 29.5 Å². The van der Waals surface area contributed by atoms with E-state index in [1.54, 1.807) is 0 Å². The molecule has 1 aliphatic carbocycles. The van der Waals surface area contributed by atoms with Crippen molar-refractivity contribution in [2.45, 2.75) is 25.8 Å². The van der Waals surface area contributed by atoms with E-state index in [4.69, 9.17) is 0 Å². The molecule has 0 aromatic heterocycles. The average Bonchev–Trinajstić information content (AvgIpc) is 2.27. The maximum atomic E-state index is 3.52. The number of halogens is 1. The standard InChI is InChI=1S/C13H16BrN/c1-9(15-2)11-4-3-10-5-6-13(14)8-12(10)7-11/h5-9,15H,3-4H2,1-2H3. The quantitative estimate of drug-likeness (QED) is 0.865. The molecule has 1 aromatic carbocycles. The third kappa shape index (κ3) is 2.32. The summed E-state index contributed by atoms with van der Waals surface area (Å²) in [7, 11) is 2.02. The lowest BCUT2D eigenvalue weighted by molar-refractivity contribution is 0.660. The van der Waals surface area contributed by atoms with Crippen LogP contribution < -0.4 is 5.32 Å². The van der Waals surface area contributed by atoms with Crippen LogP contribution in [0.5, 0.6) is 0 Å².